The smallest absolute Gasteiger partial charge is 0.261 e. The topological polar surface area (TPSA) is 96.7 Å². The summed E-state index contributed by atoms with van der Waals surface area (Å²) < 4.78 is 64.0. The number of nitrogens with zero attached hydrogens (tertiary/aromatic N) is 1. The summed E-state index contributed by atoms with van der Waals surface area (Å²) in [5.41, 5.74) is 1.52. The summed E-state index contributed by atoms with van der Waals surface area (Å²) in [4.78, 5) is 0.168. The number of benzene rings is 3. The van der Waals surface area contributed by atoms with E-state index in [9.17, 15) is 16.8 Å². The molecule has 4 aromatic rings. The minimum absolute atomic E-state index is 0.0457. The number of fused-ring (bicyclic) bond motifs is 5. The van der Waals surface area contributed by atoms with E-state index >= 15 is 0 Å². The van der Waals surface area contributed by atoms with Gasteiger partial charge in [0.15, 0.2) is 0 Å². The lowest BCUT2D eigenvalue weighted by atomic mass is 9.65. The van der Waals surface area contributed by atoms with Crippen LogP contribution in [0, 0.1) is 10.8 Å². The van der Waals surface area contributed by atoms with E-state index in [-0.39, 0.29) is 32.4 Å². The molecule has 0 unspecified atom stereocenters. The van der Waals surface area contributed by atoms with E-state index in [1.54, 1.807) is 28.6 Å². The average Bonchev–Trinajstić information content (AvgIpc) is 3.31. The molecule has 0 radical (unpaired) electrons. The van der Waals surface area contributed by atoms with Crippen LogP contribution in [0.2, 0.25) is 0 Å². The van der Waals surface area contributed by atoms with Crippen molar-refractivity contribution in [3.05, 3.63) is 66.7 Å². The van der Waals surface area contributed by atoms with Gasteiger partial charge in [-0.25, -0.2) is 16.8 Å². The van der Waals surface area contributed by atoms with Gasteiger partial charge in [0.25, 0.3) is 10.0 Å². The molecule has 2 aliphatic rings. The van der Waals surface area contributed by atoms with Gasteiger partial charge < -0.3 is 4.42 Å². The Morgan fingerprint density at radius 3 is 2.41 bits per heavy atom. The first-order chi connectivity index (χ1) is 17.4. The molecule has 0 spiro atoms. The summed E-state index contributed by atoms with van der Waals surface area (Å²) in [6.45, 7) is 7.05. The fraction of sp³-hybridized carbons (Fsp3) is 0.357. The van der Waals surface area contributed by atoms with Crippen LogP contribution in [0.3, 0.4) is 0 Å². The van der Waals surface area contributed by atoms with Crippen molar-refractivity contribution in [2.24, 2.45) is 10.8 Å². The van der Waals surface area contributed by atoms with Crippen LogP contribution < -0.4 is 4.72 Å². The molecule has 6 rings (SSSR count). The quantitative estimate of drug-likeness (QED) is 0.337. The highest BCUT2D eigenvalue weighted by Gasteiger charge is 2.53. The molecule has 194 valence electrons. The first-order valence-electron chi connectivity index (χ1n) is 12.4. The van der Waals surface area contributed by atoms with Crippen LogP contribution in [0.25, 0.3) is 21.9 Å². The van der Waals surface area contributed by atoms with Crippen molar-refractivity contribution >= 4 is 47.7 Å². The van der Waals surface area contributed by atoms with Crippen LogP contribution in [-0.2, 0) is 20.0 Å². The highest BCUT2D eigenvalue weighted by molar-refractivity contribution is 7.92. The van der Waals surface area contributed by atoms with Gasteiger partial charge in [0.1, 0.15) is 11.2 Å². The predicted octanol–water partition coefficient (Wildman–Crippen LogP) is 5.98. The second-order valence-corrected chi connectivity index (χ2v) is 15.2. The number of anilines is 1. The summed E-state index contributed by atoms with van der Waals surface area (Å²) in [6.07, 6.45) is 2.66. The van der Waals surface area contributed by atoms with E-state index in [1.807, 2.05) is 24.3 Å². The number of furan rings is 1. The summed E-state index contributed by atoms with van der Waals surface area (Å²) >= 11 is 0. The molecule has 1 aromatic heterocycles. The van der Waals surface area contributed by atoms with E-state index in [2.05, 4.69) is 25.5 Å². The Morgan fingerprint density at radius 1 is 0.838 bits per heavy atom. The molecule has 37 heavy (non-hydrogen) atoms. The molecular formula is C28H30N2O5S2. The van der Waals surface area contributed by atoms with Gasteiger partial charge in [0.2, 0.25) is 10.0 Å². The highest BCUT2D eigenvalue weighted by Crippen LogP contribution is 2.53. The van der Waals surface area contributed by atoms with Crippen LogP contribution >= 0.6 is 0 Å². The van der Waals surface area contributed by atoms with Crippen molar-refractivity contribution in [3.8, 4) is 0 Å². The number of sulfonamides is 2. The summed E-state index contributed by atoms with van der Waals surface area (Å²) in [6, 6.07) is 18.2. The molecule has 1 saturated heterocycles. The van der Waals surface area contributed by atoms with E-state index in [4.69, 9.17) is 4.42 Å². The van der Waals surface area contributed by atoms with Crippen LogP contribution in [0.15, 0.2) is 80.9 Å². The van der Waals surface area contributed by atoms with Crippen LogP contribution in [0.4, 0.5) is 5.69 Å². The van der Waals surface area contributed by atoms with E-state index in [1.165, 1.54) is 18.2 Å². The number of rotatable bonds is 5. The van der Waals surface area contributed by atoms with Crippen molar-refractivity contribution < 1.29 is 21.3 Å². The van der Waals surface area contributed by atoms with Crippen LogP contribution in [-0.4, -0.2) is 33.7 Å². The van der Waals surface area contributed by atoms with E-state index in [0.29, 0.717) is 23.1 Å². The number of hydrogen-bond donors (Lipinski definition) is 1. The molecule has 2 bridgehead atoms. The Hall–Kier alpha value is -2.88. The van der Waals surface area contributed by atoms with E-state index in [0.717, 1.165) is 24.6 Å². The van der Waals surface area contributed by atoms with Gasteiger partial charge in [0.05, 0.1) is 15.5 Å². The molecule has 2 fully saturated rings. The Morgan fingerprint density at radius 2 is 1.59 bits per heavy atom. The Labute approximate surface area is 217 Å². The lowest BCUT2D eigenvalue weighted by Crippen LogP contribution is -2.37. The molecule has 1 aliphatic heterocycles. The largest absolute Gasteiger partial charge is 0.456 e. The van der Waals surface area contributed by atoms with Gasteiger partial charge in [-0.15, -0.1) is 0 Å². The average molecular weight is 539 g/mol. The standard InChI is InChI=1S/C28H30N2O5S2/c1-27(2)15-20-16-28(3,17-27)18-30(20)37(33,34)22-8-6-7-19(13-22)29-36(31,32)21-11-12-26-24(14-21)23-9-4-5-10-25(23)35-26/h4-14,20,29H,15-18H2,1-3H3/t20-,28+/m1/s1. The second-order valence-electron chi connectivity index (χ2n) is 11.7. The summed E-state index contributed by atoms with van der Waals surface area (Å²) in [5.74, 6) is 0. The summed E-state index contributed by atoms with van der Waals surface area (Å²) in [5, 5.41) is 1.53. The van der Waals surface area contributed by atoms with Gasteiger partial charge in [-0.2, -0.15) is 4.31 Å². The Kier molecular flexibility index (Phi) is 5.33. The minimum Gasteiger partial charge on any atom is -0.456 e. The van der Waals surface area contributed by atoms with Crippen LogP contribution in [0.1, 0.15) is 40.0 Å². The summed E-state index contributed by atoms with van der Waals surface area (Å²) in [7, 11) is -7.76. The maximum absolute atomic E-state index is 13.7. The second kappa shape index (κ2) is 8.06. The highest BCUT2D eigenvalue weighted by atomic mass is 32.2. The normalized spacial score (nSPS) is 24.0. The molecule has 1 aliphatic carbocycles. The minimum atomic E-state index is -3.97. The van der Waals surface area contributed by atoms with Gasteiger partial charge >= 0.3 is 0 Å². The molecular weight excluding hydrogens is 508 g/mol. The van der Waals surface area contributed by atoms with Crippen molar-refractivity contribution in [3.63, 3.8) is 0 Å². The SMILES string of the molecule is CC1(C)C[C@@H]2C[C@](C)(CN2S(=O)(=O)c2cccc(NS(=O)(=O)c3ccc4oc5ccccc5c4c3)c2)C1. The molecule has 1 saturated carbocycles. The zero-order valence-electron chi connectivity index (χ0n) is 21.1. The molecule has 2 heterocycles. The lowest BCUT2D eigenvalue weighted by molar-refractivity contribution is 0.133. The number of hydrogen-bond acceptors (Lipinski definition) is 5. The predicted molar refractivity (Wildman–Crippen MR) is 144 cm³/mol. The molecule has 7 nitrogen and oxygen atoms in total. The van der Waals surface area contributed by atoms with Gasteiger partial charge in [-0.3, -0.25) is 4.72 Å². The van der Waals surface area contributed by atoms with Crippen molar-refractivity contribution in [2.75, 3.05) is 11.3 Å². The number of para-hydroxylation sites is 1. The monoisotopic (exact) mass is 538 g/mol. The van der Waals surface area contributed by atoms with Gasteiger partial charge in [-0.1, -0.05) is 45.0 Å². The third-order valence-corrected chi connectivity index (χ3v) is 11.0. The van der Waals surface area contributed by atoms with Gasteiger partial charge in [-0.05, 0) is 72.6 Å². The number of nitrogens with one attached hydrogen (secondary N) is 1. The molecule has 0 amide bonds. The zero-order chi connectivity index (χ0) is 26.2. The fourth-order valence-corrected chi connectivity index (χ4v) is 9.53. The van der Waals surface area contributed by atoms with Crippen molar-refractivity contribution in [1.82, 2.24) is 4.31 Å². The third kappa shape index (κ3) is 4.23. The fourth-order valence-electron chi connectivity index (χ4n) is 6.63. The zero-order valence-corrected chi connectivity index (χ0v) is 22.7. The lowest BCUT2D eigenvalue weighted by Gasteiger charge is -2.39. The van der Waals surface area contributed by atoms with Crippen LogP contribution in [0.5, 0.6) is 0 Å². The first-order valence-corrected chi connectivity index (χ1v) is 15.3. The molecule has 2 atom stereocenters. The van der Waals surface area contributed by atoms with Crippen molar-refractivity contribution in [2.45, 2.75) is 55.9 Å². The maximum atomic E-state index is 13.7. The van der Waals surface area contributed by atoms with E-state index < -0.39 is 20.0 Å². The molecule has 3 aromatic carbocycles. The first kappa shape index (κ1) is 24.5. The maximum Gasteiger partial charge on any atom is 0.261 e. The molecule has 1 N–H and O–H groups in total. The van der Waals surface area contributed by atoms with Gasteiger partial charge in [0, 0.05) is 23.4 Å². The molecule has 9 heteroatoms. The Balaban J connectivity index is 1.30. The Bertz CT molecular complexity index is 1760. The third-order valence-electron chi connectivity index (χ3n) is 7.72. The van der Waals surface area contributed by atoms with Crippen molar-refractivity contribution in [1.29, 1.82) is 0 Å².